The van der Waals surface area contributed by atoms with Crippen LogP contribution in [0.5, 0.6) is 0 Å². The molecule has 0 unspecified atom stereocenters. The summed E-state index contributed by atoms with van der Waals surface area (Å²) in [5, 5.41) is 3.53. The minimum absolute atomic E-state index is 0.0827. The van der Waals surface area contributed by atoms with Crippen LogP contribution in [0.4, 0.5) is 11.4 Å². The van der Waals surface area contributed by atoms with Crippen LogP contribution in [0.3, 0.4) is 0 Å². The van der Waals surface area contributed by atoms with Gasteiger partial charge in [-0.05, 0) is 54.3 Å². The van der Waals surface area contributed by atoms with Crippen molar-refractivity contribution in [1.29, 1.82) is 0 Å². The molecule has 4 rings (SSSR count). The van der Waals surface area contributed by atoms with Crippen LogP contribution in [0.25, 0.3) is 0 Å². The molecule has 5 nitrogen and oxygen atoms in total. The Kier molecular flexibility index (Phi) is 8.09. The molecule has 0 aromatic heterocycles. The zero-order chi connectivity index (χ0) is 24.8. The molecular formula is C29H32ClN3O2. The maximum absolute atomic E-state index is 13.7. The summed E-state index contributed by atoms with van der Waals surface area (Å²) in [6, 6.07) is 23.0. The predicted octanol–water partition coefficient (Wildman–Crippen LogP) is 6.38. The van der Waals surface area contributed by atoms with Gasteiger partial charge in [-0.2, -0.15) is 0 Å². The molecule has 2 amide bonds. The lowest BCUT2D eigenvalue weighted by atomic mass is 10.1. The van der Waals surface area contributed by atoms with Crippen molar-refractivity contribution in [2.24, 2.45) is 5.92 Å². The lowest BCUT2D eigenvalue weighted by molar-refractivity contribution is -0.119. The zero-order valence-corrected chi connectivity index (χ0v) is 21.1. The third-order valence-corrected chi connectivity index (χ3v) is 6.85. The van der Waals surface area contributed by atoms with Gasteiger partial charge in [0.2, 0.25) is 5.91 Å². The first-order valence-corrected chi connectivity index (χ1v) is 12.5. The quantitative estimate of drug-likeness (QED) is 0.399. The van der Waals surface area contributed by atoms with E-state index in [-0.39, 0.29) is 17.7 Å². The third kappa shape index (κ3) is 6.23. The van der Waals surface area contributed by atoms with Crippen LogP contribution < -0.4 is 10.2 Å². The average molecular weight is 490 g/mol. The molecule has 0 bridgehead atoms. The first kappa shape index (κ1) is 24.8. The fourth-order valence-electron chi connectivity index (χ4n) is 4.67. The lowest BCUT2D eigenvalue weighted by Gasteiger charge is -2.27. The molecule has 0 aliphatic heterocycles. The summed E-state index contributed by atoms with van der Waals surface area (Å²) in [4.78, 5) is 30.2. The van der Waals surface area contributed by atoms with Crippen molar-refractivity contribution >= 4 is 34.8 Å². The van der Waals surface area contributed by atoms with Crippen molar-refractivity contribution in [2.45, 2.75) is 38.8 Å². The molecule has 35 heavy (non-hydrogen) atoms. The minimum atomic E-state index is -0.135. The van der Waals surface area contributed by atoms with E-state index in [1.807, 2.05) is 79.7 Å². The summed E-state index contributed by atoms with van der Waals surface area (Å²) in [5.74, 6) is 0.0345. The topological polar surface area (TPSA) is 52.7 Å². The number of nitrogens with zero attached hydrogens (tertiary/aromatic N) is 2. The molecule has 0 heterocycles. The highest BCUT2D eigenvalue weighted by Crippen LogP contribution is 2.29. The Bertz CT molecular complexity index is 1170. The van der Waals surface area contributed by atoms with E-state index in [1.165, 1.54) is 0 Å². The van der Waals surface area contributed by atoms with Crippen molar-refractivity contribution < 1.29 is 9.59 Å². The SMILES string of the molecule is CN(C)c1ccc(NC(=O)C2CCCC2)cc1CN(Cc1ccccc1)C(=O)c1ccccc1Cl. The standard InChI is InChI=1S/C29H32ClN3O2/c1-32(2)27-17-16-24(31-28(34)22-12-6-7-13-22)18-23(27)20-33(19-21-10-4-3-5-11-21)29(35)25-14-8-9-15-26(25)30/h3-5,8-11,14-18,22H,6-7,12-13,19-20H2,1-2H3,(H,31,34). The number of rotatable bonds is 8. The van der Waals surface area contributed by atoms with E-state index in [0.29, 0.717) is 23.7 Å². The Balaban J connectivity index is 1.65. The number of amides is 2. The van der Waals surface area contributed by atoms with Crippen LogP contribution in [0.1, 0.15) is 47.2 Å². The van der Waals surface area contributed by atoms with E-state index in [2.05, 4.69) is 5.32 Å². The van der Waals surface area contributed by atoms with Gasteiger partial charge in [0, 0.05) is 44.5 Å². The average Bonchev–Trinajstić information content (AvgIpc) is 3.39. The van der Waals surface area contributed by atoms with E-state index >= 15 is 0 Å². The maximum Gasteiger partial charge on any atom is 0.255 e. The van der Waals surface area contributed by atoms with Crippen LogP contribution in [0.2, 0.25) is 5.02 Å². The van der Waals surface area contributed by atoms with E-state index in [1.54, 1.807) is 17.0 Å². The number of anilines is 2. The molecule has 1 aliphatic carbocycles. The van der Waals surface area contributed by atoms with Gasteiger partial charge >= 0.3 is 0 Å². The summed E-state index contributed by atoms with van der Waals surface area (Å²) in [5.41, 5.74) is 4.21. The summed E-state index contributed by atoms with van der Waals surface area (Å²) in [7, 11) is 3.96. The number of halogens is 1. The van der Waals surface area contributed by atoms with Crippen LogP contribution in [-0.4, -0.2) is 30.8 Å². The molecule has 6 heteroatoms. The van der Waals surface area contributed by atoms with Crippen LogP contribution in [-0.2, 0) is 17.9 Å². The van der Waals surface area contributed by atoms with Gasteiger partial charge in [0.25, 0.3) is 5.91 Å². The summed E-state index contributed by atoms with van der Waals surface area (Å²) in [6.45, 7) is 0.816. The van der Waals surface area contributed by atoms with E-state index in [0.717, 1.165) is 48.2 Å². The molecule has 3 aromatic rings. The lowest BCUT2D eigenvalue weighted by Crippen LogP contribution is -2.31. The highest BCUT2D eigenvalue weighted by Gasteiger charge is 2.24. The monoisotopic (exact) mass is 489 g/mol. The Labute approximate surface area is 212 Å². The molecule has 0 atom stereocenters. The first-order chi connectivity index (χ1) is 16.9. The molecule has 182 valence electrons. The van der Waals surface area contributed by atoms with E-state index in [4.69, 9.17) is 11.6 Å². The molecule has 1 N–H and O–H groups in total. The van der Waals surface area contributed by atoms with Crippen LogP contribution in [0.15, 0.2) is 72.8 Å². The minimum Gasteiger partial charge on any atom is -0.377 e. The number of benzene rings is 3. The van der Waals surface area contributed by atoms with Crippen molar-refractivity contribution in [3.05, 3.63) is 94.5 Å². The molecule has 0 radical (unpaired) electrons. The summed E-state index contributed by atoms with van der Waals surface area (Å²) < 4.78 is 0. The first-order valence-electron chi connectivity index (χ1n) is 12.1. The zero-order valence-electron chi connectivity index (χ0n) is 20.3. The number of hydrogen-bond acceptors (Lipinski definition) is 3. The third-order valence-electron chi connectivity index (χ3n) is 6.52. The highest BCUT2D eigenvalue weighted by molar-refractivity contribution is 6.33. The van der Waals surface area contributed by atoms with Gasteiger partial charge in [0.05, 0.1) is 10.6 Å². The smallest absolute Gasteiger partial charge is 0.255 e. The maximum atomic E-state index is 13.7. The summed E-state index contributed by atoms with van der Waals surface area (Å²) >= 11 is 6.39. The van der Waals surface area contributed by atoms with E-state index < -0.39 is 0 Å². The highest BCUT2D eigenvalue weighted by atomic mass is 35.5. The Morgan fingerprint density at radius 2 is 1.60 bits per heavy atom. The van der Waals surface area contributed by atoms with Gasteiger partial charge in [-0.1, -0.05) is 66.9 Å². The van der Waals surface area contributed by atoms with Crippen LogP contribution >= 0.6 is 11.6 Å². The van der Waals surface area contributed by atoms with Gasteiger partial charge in [-0.15, -0.1) is 0 Å². The second kappa shape index (κ2) is 11.4. The number of carbonyl (C=O) groups is 2. The second-order valence-electron chi connectivity index (χ2n) is 9.34. The normalized spacial score (nSPS) is 13.5. The molecule has 1 fully saturated rings. The number of hydrogen-bond donors (Lipinski definition) is 1. The van der Waals surface area contributed by atoms with Gasteiger partial charge in [-0.25, -0.2) is 0 Å². The van der Waals surface area contributed by atoms with Crippen molar-refractivity contribution in [2.75, 3.05) is 24.3 Å². The van der Waals surface area contributed by atoms with Gasteiger partial charge < -0.3 is 15.1 Å². The number of carbonyl (C=O) groups excluding carboxylic acids is 2. The Morgan fingerprint density at radius 3 is 2.29 bits per heavy atom. The molecule has 1 saturated carbocycles. The Hall–Kier alpha value is -3.31. The van der Waals surface area contributed by atoms with Crippen molar-refractivity contribution in [1.82, 2.24) is 4.90 Å². The fraction of sp³-hybridized carbons (Fsp3) is 0.310. The van der Waals surface area contributed by atoms with Gasteiger partial charge in [0.1, 0.15) is 0 Å². The second-order valence-corrected chi connectivity index (χ2v) is 9.74. The summed E-state index contributed by atoms with van der Waals surface area (Å²) in [6.07, 6.45) is 4.13. The Morgan fingerprint density at radius 1 is 0.914 bits per heavy atom. The molecule has 0 saturated heterocycles. The molecule has 1 aliphatic rings. The van der Waals surface area contributed by atoms with Crippen molar-refractivity contribution in [3.8, 4) is 0 Å². The molecule has 0 spiro atoms. The fourth-order valence-corrected chi connectivity index (χ4v) is 4.89. The van der Waals surface area contributed by atoms with Crippen molar-refractivity contribution in [3.63, 3.8) is 0 Å². The number of nitrogens with one attached hydrogen (secondary N) is 1. The molecular weight excluding hydrogens is 458 g/mol. The van der Waals surface area contributed by atoms with Gasteiger partial charge in [0.15, 0.2) is 0 Å². The van der Waals surface area contributed by atoms with Crippen LogP contribution in [0, 0.1) is 5.92 Å². The molecule has 3 aromatic carbocycles. The van der Waals surface area contributed by atoms with Gasteiger partial charge in [-0.3, -0.25) is 9.59 Å². The predicted molar refractivity (Wildman–Crippen MR) is 143 cm³/mol. The largest absolute Gasteiger partial charge is 0.377 e. The van der Waals surface area contributed by atoms with E-state index in [9.17, 15) is 9.59 Å².